The number of hydrogen-bond acceptors (Lipinski definition) is 3. The largest absolute Gasteiger partial charge is 0.481 e. The molecule has 1 atom stereocenters. The Morgan fingerprint density at radius 3 is 2.74 bits per heavy atom. The van der Waals surface area contributed by atoms with Gasteiger partial charge >= 0.3 is 5.97 Å². The normalized spacial score (nSPS) is 21.0. The van der Waals surface area contributed by atoms with Gasteiger partial charge in [-0.1, -0.05) is 12.1 Å². The van der Waals surface area contributed by atoms with Crippen LogP contribution in [-0.4, -0.2) is 52.3 Å². The molecule has 1 N–H and O–H groups in total. The Balaban J connectivity index is 1.68. The fraction of sp³-hybridized carbons (Fsp3) is 0.471. The monoisotopic (exact) mass is 316 g/mol. The van der Waals surface area contributed by atoms with E-state index in [0.29, 0.717) is 31.5 Å². The van der Waals surface area contributed by atoms with Crippen molar-refractivity contribution in [3.63, 3.8) is 0 Å². The van der Waals surface area contributed by atoms with Crippen molar-refractivity contribution < 1.29 is 19.5 Å². The summed E-state index contributed by atoms with van der Waals surface area (Å²) in [6, 6.07) is 7.27. The van der Waals surface area contributed by atoms with Crippen LogP contribution in [0.15, 0.2) is 24.3 Å². The lowest BCUT2D eigenvalue weighted by Crippen LogP contribution is -2.30. The van der Waals surface area contributed by atoms with Crippen LogP contribution in [0.5, 0.6) is 0 Å². The first-order chi connectivity index (χ1) is 11.0. The second-order valence-electron chi connectivity index (χ2n) is 6.19. The molecule has 2 fully saturated rings. The molecule has 0 radical (unpaired) electrons. The standard InChI is InChI=1S/C17H20N2O4/c20-15-5-2-7-18(15)10-12-3-1-4-13(9-12)16(21)19-8-6-14(11-19)17(22)23/h1,3-4,9,14H,2,5-8,10-11H2,(H,22,23)/t14-/m0/s1. The third-order valence-electron chi connectivity index (χ3n) is 4.54. The fourth-order valence-electron chi connectivity index (χ4n) is 3.22. The zero-order valence-electron chi connectivity index (χ0n) is 12.9. The van der Waals surface area contributed by atoms with Gasteiger partial charge in [0.1, 0.15) is 0 Å². The molecule has 2 aliphatic heterocycles. The molecule has 1 aromatic rings. The summed E-state index contributed by atoms with van der Waals surface area (Å²) in [6.07, 6.45) is 1.99. The van der Waals surface area contributed by atoms with Crippen LogP contribution < -0.4 is 0 Å². The molecular weight excluding hydrogens is 296 g/mol. The second-order valence-corrected chi connectivity index (χ2v) is 6.19. The van der Waals surface area contributed by atoms with Crippen molar-refractivity contribution in [3.8, 4) is 0 Å². The molecule has 6 heteroatoms. The molecule has 6 nitrogen and oxygen atoms in total. The zero-order valence-corrected chi connectivity index (χ0v) is 12.9. The van der Waals surface area contributed by atoms with E-state index in [1.165, 1.54) is 0 Å². The molecular formula is C17H20N2O4. The van der Waals surface area contributed by atoms with Crippen LogP contribution in [0.1, 0.15) is 35.2 Å². The van der Waals surface area contributed by atoms with E-state index in [1.807, 2.05) is 18.2 Å². The van der Waals surface area contributed by atoms with E-state index in [4.69, 9.17) is 5.11 Å². The minimum atomic E-state index is -0.846. The maximum Gasteiger partial charge on any atom is 0.308 e. The summed E-state index contributed by atoms with van der Waals surface area (Å²) in [5, 5.41) is 9.04. The Kier molecular flexibility index (Phi) is 4.32. The molecule has 2 aliphatic rings. The van der Waals surface area contributed by atoms with Gasteiger partial charge in [-0.3, -0.25) is 14.4 Å². The van der Waals surface area contributed by atoms with Crippen LogP contribution in [0.4, 0.5) is 0 Å². The first-order valence-corrected chi connectivity index (χ1v) is 7.93. The molecule has 0 saturated carbocycles. The highest BCUT2D eigenvalue weighted by molar-refractivity contribution is 5.95. The average Bonchev–Trinajstić information content (AvgIpc) is 3.17. The van der Waals surface area contributed by atoms with Crippen LogP contribution in [0.25, 0.3) is 0 Å². The van der Waals surface area contributed by atoms with Crippen molar-refractivity contribution in [1.29, 1.82) is 0 Å². The van der Waals surface area contributed by atoms with Gasteiger partial charge in [0.15, 0.2) is 0 Å². The quantitative estimate of drug-likeness (QED) is 0.909. The van der Waals surface area contributed by atoms with E-state index in [-0.39, 0.29) is 18.4 Å². The number of nitrogens with zero attached hydrogens (tertiary/aromatic N) is 2. The number of carbonyl (C=O) groups is 3. The number of aliphatic carboxylic acids is 1. The summed E-state index contributed by atoms with van der Waals surface area (Å²) >= 11 is 0. The number of hydrogen-bond donors (Lipinski definition) is 1. The van der Waals surface area contributed by atoms with Crippen molar-refractivity contribution in [3.05, 3.63) is 35.4 Å². The van der Waals surface area contributed by atoms with Crippen molar-refractivity contribution in [2.45, 2.75) is 25.8 Å². The van der Waals surface area contributed by atoms with E-state index in [9.17, 15) is 14.4 Å². The number of amides is 2. The summed E-state index contributed by atoms with van der Waals surface area (Å²) in [7, 11) is 0. The van der Waals surface area contributed by atoms with Crippen LogP contribution in [0, 0.1) is 5.92 Å². The van der Waals surface area contributed by atoms with Crippen LogP contribution >= 0.6 is 0 Å². The molecule has 2 saturated heterocycles. The number of likely N-dealkylation sites (tertiary alicyclic amines) is 2. The summed E-state index contributed by atoms with van der Waals surface area (Å²) in [6.45, 7) is 2.04. The highest BCUT2D eigenvalue weighted by Crippen LogP contribution is 2.20. The van der Waals surface area contributed by atoms with Gasteiger partial charge in [0.25, 0.3) is 5.91 Å². The summed E-state index contributed by atoms with van der Waals surface area (Å²) in [4.78, 5) is 38.6. The SMILES string of the molecule is O=C(O)[C@H]1CCN(C(=O)c2cccc(CN3CCCC3=O)c2)C1. The molecule has 2 heterocycles. The third-order valence-corrected chi connectivity index (χ3v) is 4.54. The number of carboxylic acids is 1. The Labute approximate surface area is 134 Å². The number of carboxylic acid groups (broad SMARTS) is 1. The highest BCUT2D eigenvalue weighted by Gasteiger charge is 2.31. The third kappa shape index (κ3) is 3.36. The van der Waals surface area contributed by atoms with Gasteiger partial charge in [0.05, 0.1) is 5.92 Å². The van der Waals surface area contributed by atoms with E-state index in [1.54, 1.807) is 15.9 Å². The first kappa shape index (κ1) is 15.5. The van der Waals surface area contributed by atoms with Crippen molar-refractivity contribution in [2.75, 3.05) is 19.6 Å². The van der Waals surface area contributed by atoms with Gasteiger partial charge in [0, 0.05) is 38.2 Å². The Morgan fingerprint density at radius 2 is 2.09 bits per heavy atom. The van der Waals surface area contributed by atoms with Gasteiger partial charge in [-0.25, -0.2) is 0 Å². The molecule has 3 rings (SSSR count). The maximum absolute atomic E-state index is 12.5. The summed E-state index contributed by atoms with van der Waals surface area (Å²) in [5.74, 6) is -1.29. The molecule has 0 bridgehead atoms. The van der Waals surface area contributed by atoms with Crippen molar-refractivity contribution in [1.82, 2.24) is 9.80 Å². The first-order valence-electron chi connectivity index (χ1n) is 7.93. The zero-order chi connectivity index (χ0) is 16.4. The predicted octanol–water partition coefficient (Wildman–Crippen LogP) is 1.36. The highest BCUT2D eigenvalue weighted by atomic mass is 16.4. The summed E-state index contributed by atoms with van der Waals surface area (Å²) in [5.41, 5.74) is 1.49. The number of carbonyl (C=O) groups excluding carboxylic acids is 2. The van der Waals surface area contributed by atoms with Gasteiger partial charge in [-0.15, -0.1) is 0 Å². The lowest BCUT2D eigenvalue weighted by Gasteiger charge is -2.18. The van der Waals surface area contributed by atoms with E-state index < -0.39 is 11.9 Å². The molecule has 23 heavy (non-hydrogen) atoms. The van der Waals surface area contributed by atoms with Gasteiger partial charge in [-0.2, -0.15) is 0 Å². The topological polar surface area (TPSA) is 77.9 Å². The lowest BCUT2D eigenvalue weighted by molar-refractivity contribution is -0.141. The lowest BCUT2D eigenvalue weighted by atomic mass is 10.1. The molecule has 0 spiro atoms. The molecule has 0 aliphatic carbocycles. The summed E-state index contributed by atoms with van der Waals surface area (Å²) < 4.78 is 0. The number of benzene rings is 1. The van der Waals surface area contributed by atoms with Crippen LogP contribution in [-0.2, 0) is 16.1 Å². The van der Waals surface area contributed by atoms with E-state index in [0.717, 1.165) is 18.5 Å². The van der Waals surface area contributed by atoms with E-state index >= 15 is 0 Å². The van der Waals surface area contributed by atoms with Gasteiger partial charge < -0.3 is 14.9 Å². The molecule has 0 aromatic heterocycles. The van der Waals surface area contributed by atoms with Crippen LogP contribution in [0.2, 0.25) is 0 Å². The fourth-order valence-corrected chi connectivity index (χ4v) is 3.22. The smallest absolute Gasteiger partial charge is 0.308 e. The Morgan fingerprint density at radius 1 is 1.26 bits per heavy atom. The Hall–Kier alpha value is -2.37. The molecule has 0 unspecified atom stereocenters. The van der Waals surface area contributed by atoms with Crippen LogP contribution in [0.3, 0.4) is 0 Å². The minimum absolute atomic E-state index is 0.136. The Bertz CT molecular complexity index is 643. The van der Waals surface area contributed by atoms with E-state index in [2.05, 4.69) is 0 Å². The molecule has 122 valence electrons. The average molecular weight is 316 g/mol. The minimum Gasteiger partial charge on any atom is -0.481 e. The van der Waals surface area contributed by atoms with Gasteiger partial charge in [0.2, 0.25) is 5.91 Å². The molecule has 1 aromatic carbocycles. The predicted molar refractivity (Wildman–Crippen MR) is 82.7 cm³/mol. The second kappa shape index (κ2) is 6.40. The number of rotatable bonds is 4. The molecule has 2 amide bonds. The van der Waals surface area contributed by atoms with Crippen molar-refractivity contribution in [2.24, 2.45) is 5.92 Å². The maximum atomic E-state index is 12.5. The van der Waals surface area contributed by atoms with Gasteiger partial charge in [-0.05, 0) is 30.5 Å². The van der Waals surface area contributed by atoms with Crippen molar-refractivity contribution >= 4 is 17.8 Å².